The predicted octanol–water partition coefficient (Wildman–Crippen LogP) is 1.31. The van der Waals surface area contributed by atoms with E-state index in [1.54, 1.807) is 23.7 Å². The molecule has 88 valence electrons. The SMILES string of the molecule is CSc1nnc(/C=C/c2cccs2)c(=O)n1N. The van der Waals surface area contributed by atoms with Crippen molar-refractivity contribution in [3.63, 3.8) is 0 Å². The van der Waals surface area contributed by atoms with Crippen LogP contribution in [0.3, 0.4) is 0 Å². The zero-order valence-electron chi connectivity index (χ0n) is 9.03. The lowest BCUT2D eigenvalue weighted by Crippen LogP contribution is -2.32. The van der Waals surface area contributed by atoms with Gasteiger partial charge in [-0.3, -0.25) is 4.79 Å². The summed E-state index contributed by atoms with van der Waals surface area (Å²) < 4.78 is 1.01. The topological polar surface area (TPSA) is 73.8 Å². The fourth-order valence-corrected chi connectivity index (χ4v) is 2.21. The van der Waals surface area contributed by atoms with E-state index in [0.29, 0.717) is 5.16 Å². The predicted molar refractivity (Wildman–Crippen MR) is 71.5 cm³/mol. The largest absolute Gasteiger partial charge is 0.334 e. The molecule has 0 fully saturated rings. The third-order valence-corrected chi connectivity index (χ3v) is 3.50. The average molecular weight is 266 g/mol. The second-order valence-electron chi connectivity index (χ2n) is 3.10. The molecule has 2 N–H and O–H groups in total. The summed E-state index contributed by atoms with van der Waals surface area (Å²) in [6, 6.07) is 3.89. The third-order valence-electron chi connectivity index (χ3n) is 2.02. The highest BCUT2D eigenvalue weighted by atomic mass is 32.2. The zero-order chi connectivity index (χ0) is 12.3. The molecule has 2 heterocycles. The molecule has 17 heavy (non-hydrogen) atoms. The lowest BCUT2D eigenvalue weighted by molar-refractivity contribution is 0.695. The Morgan fingerprint density at radius 1 is 1.47 bits per heavy atom. The summed E-state index contributed by atoms with van der Waals surface area (Å²) in [4.78, 5) is 12.8. The van der Waals surface area contributed by atoms with E-state index in [4.69, 9.17) is 5.84 Å². The van der Waals surface area contributed by atoms with Gasteiger partial charge in [0.05, 0.1) is 0 Å². The molecule has 7 heteroatoms. The highest BCUT2D eigenvalue weighted by molar-refractivity contribution is 7.98. The van der Waals surface area contributed by atoms with Crippen molar-refractivity contribution in [1.29, 1.82) is 0 Å². The first-order chi connectivity index (χ1) is 8.22. The highest BCUT2D eigenvalue weighted by Crippen LogP contribution is 2.11. The van der Waals surface area contributed by atoms with Gasteiger partial charge in [0.2, 0.25) is 5.16 Å². The summed E-state index contributed by atoms with van der Waals surface area (Å²) in [5.41, 5.74) is -0.115. The molecule has 0 aromatic carbocycles. The van der Waals surface area contributed by atoms with Crippen LogP contribution >= 0.6 is 23.1 Å². The van der Waals surface area contributed by atoms with Gasteiger partial charge in [-0.25, -0.2) is 0 Å². The number of hydrogen-bond donors (Lipinski definition) is 1. The maximum atomic E-state index is 11.8. The van der Waals surface area contributed by atoms with E-state index in [-0.39, 0.29) is 11.3 Å². The third kappa shape index (κ3) is 2.56. The van der Waals surface area contributed by atoms with Crippen LogP contribution in [0.25, 0.3) is 12.2 Å². The van der Waals surface area contributed by atoms with E-state index in [2.05, 4.69) is 10.2 Å². The Labute approximate surface area is 106 Å². The molecule has 0 saturated carbocycles. The molecule has 0 radical (unpaired) electrons. The van der Waals surface area contributed by atoms with Crippen molar-refractivity contribution in [2.75, 3.05) is 12.1 Å². The Bertz CT molecular complexity index is 589. The second kappa shape index (κ2) is 5.15. The minimum Gasteiger partial charge on any atom is -0.334 e. The first kappa shape index (κ1) is 11.9. The van der Waals surface area contributed by atoms with Crippen molar-refractivity contribution in [3.05, 3.63) is 38.4 Å². The standard InChI is InChI=1S/C10H10N4OS2/c1-16-10-13-12-8(9(15)14(10)11)5-4-7-3-2-6-17-7/h2-6H,11H2,1H3/b5-4+. The van der Waals surface area contributed by atoms with Gasteiger partial charge in [0.25, 0.3) is 5.56 Å². The van der Waals surface area contributed by atoms with Crippen molar-refractivity contribution in [2.24, 2.45) is 0 Å². The van der Waals surface area contributed by atoms with Crippen LogP contribution in [-0.4, -0.2) is 21.1 Å². The normalized spacial score (nSPS) is 11.1. The Hall–Kier alpha value is -1.60. The zero-order valence-corrected chi connectivity index (χ0v) is 10.7. The fourth-order valence-electron chi connectivity index (χ4n) is 1.19. The molecule has 2 aromatic heterocycles. The summed E-state index contributed by atoms with van der Waals surface area (Å²) >= 11 is 2.86. The lowest BCUT2D eigenvalue weighted by atomic mass is 10.3. The van der Waals surface area contributed by atoms with Crippen LogP contribution in [0.4, 0.5) is 0 Å². The Balaban J connectivity index is 2.35. The smallest absolute Gasteiger partial charge is 0.298 e. The Kier molecular flexibility index (Phi) is 3.60. The van der Waals surface area contributed by atoms with E-state index in [1.165, 1.54) is 11.8 Å². The van der Waals surface area contributed by atoms with E-state index >= 15 is 0 Å². The van der Waals surface area contributed by atoms with Gasteiger partial charge < -0.3 is 5.84 Å². The highest BCUT2D eigenvalue weighted by Gasteiger charge is 2.06. The molecule has 0 aliphatic heterocycles. The number of hydrogen-bond acceptors (Lipinski definition) is 6. The van der Waals surface area contributed by atoms with Crippen LogP contribution in [0.2, 0.25) is 0 Å². The van der Waals surface area contributed by atoms with Crippen molar-refractivity contribution in [2.45, 2.75) is 5.16 Å². The van der Waals surface area contributed by atoms with Gasteiger partial charge in [-0.1, -0.05) is 17.8 Å². The molecular weight excluding hydrogens is 256 g/mol. The molecule has 5 nitrogen and oxygen atoms in total. The van der Waals surface area contributed by atoms with Gasteiger partial charge in [-0.15, -0.1) is 21.5 Å². The lowest BCUT2D eigenvalue weighted by Gasteiger charge is -2.02. The van der Waals surface area contributed by atoms with E-state index < -0.39 is 0 Å². The number of rotatable bonds is 3. The molecule has 0 saturated heterocycles. The van der Waals surface area contributed by atoms with Crippen molar-refractivity contribution >= 4 is 35.3 Å². The maximum Gasteiger partial charge on any atom is 0.298 e. The molecule has 0 unspecified atom stereocenters. The van der Waals surface area contributed by atoms with E-state index in [9.17, 15) is 4.79 Å². The molecule has 2 rings (SSSR count). The summed E-state index contributed by atoms with van der Waals surface area (Å²) in [6.07, 6.45) is 5.22. The Morgan fingerprint density at radius 2 is 2.29 bits per heavy atom. The monoisotopic (exact) mass is 266 g/mol. The van der Waals surface area contributed by atoms with Crippen LogP contribution in [-0.2, 0) is 0 Å². The van der Waals surface area contributed by atoms with Crippen LogP contribution in [0.5, 0.6) is 0 Å². The van der Waals surface area contributed by atoms with Crippen LogP contribution < -0.4 is 11.4 Å². The van der Waals surface area contributed by atoms with Gasteiger partial charge in [0, 0.05) is 4.88 Å². The van der Waals surface area contributed by atoms with Crippen molar-refractivity contribution in [1.82, 2.24) is 14.9 Å². The number of thiophene rings is 1. The fraction of sp³-hybridized carbons (Fsp3) is 0.100. The Morgan fingerprint density at radius 3 is 2.94 bits per heavy atom. The first-order valence-electron chi connectivity index (χ1n) is 4.72. The molecule has 0 atom stereocenters. The number of thioether (sulfide) groups is 1. The summed E-state index contributed by atoms with van der Waals surface area (Å²) in [7, 11) is 0. The van der Waals surface area contributed by atoms with E-state index in [0.717, 1.165) is 9.55 Å². The van der Waals surface area contributed by atoms with E-state index in [1.807, 2.05) is 23.6 Å². The van der Waals surface area contributed by atoms with Gasteiger partial charge >= 0.3 is 0 Å². The van der Waals surface area contributed by atoms with Crippen molar-refractivity contribution < 1.29 is 0 Å². The van der Waals surface area contributed by atoms with Gasteiger partial charge in [0.15, 0.2) is 5.69 Å². The van der Waals surface area contributed by atoms with Gasteiger partial charge in [0.1, 0.15) is 0 Å². The quantitative estimate of drug-likeness (QED) is 0.669. The van der Waals surface area contributed by atoms with Crippen molar-refractivity contribution in [3.8, 4) is 0 Å². The number of nitrogens with two attached hydrogens (primary N) is 1. The van der Waals surface area contributed by atoms with Crippen LogP contribution in [0.15, 0.2) is 27.5 Å². The number of aromatic nitrogens is 3. The second-order valence-corrected chi connectivity index (χ2v) is 4.85. The number of nitrogen functional groups attached to an aromatic ring is 1. The van der Waals surface area contributed by atoms with Gasteiger partial charge in [-0.2, -0.15) is 4.68 Å². The molecule has 0 spiro atoms. The number of nitrogens with zero attached hydrogens (tertiary/aromatic N) is 3. The molecule has 0 aliphatic carbocycles. The minimum absolute atomic E-state index is 0.235. The molecule has 0 amide bonds. The molecular formula is C10H10N4OS2. The minimum atomic E-state index is -0.350. The first-order valence-corrected chi connectivity index (χ1v) is 6.83. The summed E-state index contributed by atoms with van der Waals surface area (Å²) in [6.45, 7) is 0. The molecule has 2 aromatic rings. The average Bonchev–Trinajstić information content (AvgIpc) is 2.84. The summed E-state index contributed by atoms with van der Waals surface area (Å²) in [5, 5.41) is 10.1. The molecule has 0 aliphatic rings. The summed E-state index contributed by atoms with van der Waals surface area (Å²) in [5.74, 6) is 5.59. The maximum absolute atomic E-state index is 11.8. The molecule has 0 bridgehead atoms. The van der Waals surface area contributed by atoms with Gasteiger partial charge in [-0.05, 0) is 29.9 Å². The van der Waals surface area contributed by atoms with Crippen LogP contribution in [0.1, 0.15) is 10.6 Å². The van der Waals surface area contributed by atoms with Crippen LogP contribution in [0, 0.1) is 0 Å².